The summed E-state index contributed by atoms with van der Waals surface area (Å²) in [5, 5.41) is 5.10. The van der Waals surface area contributed by atoms with Crippen LogP contribution in [0.4, 0.5) is 5.69 Å². The van der Waals surface area contributed by atoms with Gasteiger partial charge < -0.3 is 10.2 Å². The standard InChI is InChI=1S/C14H19Cl3N2/c1-8-9(2)19(5-4-13(8)18-3)14-7-11(16)10(15)6-12(14)17/h6-9,13,18H,4-5H2,1-3H3. The van der Waals surface area contributed by atoms with E-state index in [-0.39, 0.29) is 0 Å². The maximum Gasteiger partial charge on any atom is 0.0655 e. The number of hydrogen-bond donors (Lipinski definition) is 1. The van der Waals surface area contributed by atoms with Crippen LogP contribution in [0.1, 0.15) is 20.3 Å². The summed E-state index contributed by atoms with van der Waals surface area (Å²) in [6, 6.07) is 4.55. The van der Waals surface area contributed by atoms with Gasteiger partial charge in [0.1, 0.15) is 0 Å². The van der Waals surface area contributed by atoms with E-state index < -0.39 is 0 Å². The minimum Gasteiger partial charge on any atom is -0.367 e. The molecule has 3 unspecified atom stereocenters. The third kappa shape index (κ3) is 2.97. The maximum atomic E-state index is 6.32. The summed E-state index contributed by atoms with van der Waals surface area (Å²) in [4.78, 5) is 2.32. The van der Waals surface area contributed by atoms with Crippen LogP contribution in [0, 0.1) is 5.92 Å². The van der Waals surface area contributed by atoms with Crippen LogP contribution >= 0.6 is 34.8 Å². The Kier molecular flexibility index (Phi) is 4.88. The van der Waals surface area contributed by atoms with Crippen molar-refractivity contribution >= 4 is 40.5 Å². The number of rotatable bonds is 2. The molecule has 1 N–H and O–H groups in total. The fourth-order valence-corrected chi connectivity index (χ4v) is 3.49. The first-order chi connectivity index (χ1) is 8.95. The molecular weight excluding hydrogens is 303 g/mol. The molecule has 1 fully saturated rings. The lowest BCUT2D eigenvalue weighted by atomic mass is 9.87. The second-order valence-corrected chi connectivity index (χ2v) is 6.42. The first kappa shape index (κ1) is 15.2. The van der Waals surface area contributed by atoms with Crippen molar-refractivity contribution < 1.29 is 0 Å². The number of hydrogen-bond acceptors (Lipinski definition) is 2. The number of nitrogens with one attached hydrogen (secondary N) is 1. The second kappa shape index (κ2) is 6.09. The van der Waals surface area contributed by atoms with Gasteiger partial charge in [-0.1, -0.05) is 41.7 Å². The van der Waals surface area contributed by atoms with Gasteiger partial charge in [-0.05, 0) is 38.4 Å². The molecule has 0 spiro atoms. The molecule has 106 valence electrons. The predicted octanol–water partition coefficient (Wildman–Crippen LogP) is 4.47. The largest absolute Gasteiger partial charge is 0.367 e. The van der Waals surface area contributed by atoms with Crippen molar-refractivity contribution in [2.75, 3.05) is 18.5 Å². The number of anilines is 1. The van der Waals surface area contributed by atoms with Gasteiger partial charge in [-0.15, -0.1) is 0 Å². The Balaban J connectivity index is 2.30. The van der Waals surface area contributed by atoms with Crippen LogP contribution in [-0.2, 0) is 0 Å². The van der Waals surface area contributed by atoms with Gasteiger partial charge in [-0.3, -0.25) is 0 Å². The third-order valence-corrected chi connectivity index (χ3v) is 5.26. The Labute approximate surface area is 130 Å². The molecule has 0 saturated carbocycles. The van der Waals surface area contributed by atoms with Crippen LogP contribution in [0.2, 0.25) is 15.1 Å². The molecule has 5 heteroatoms. The molecule has 1 heterocycles. The van der Waals surface area contributed by atoms with Gasteiger partial charge in [0.2, 0.25) is 0 Å². The quantitative estimate of drug-likeness (QED) is 0.809. The van der Waals surface area contributed by atoms with Crippen LogP contribution < -0.4 is 10.2 Å². The Hall–Kier alpha value is -0.150. The van der Waals surface area contributed by atoms with Crippen molar-refractivity contribution in [1.82, 2.24) is 5.32 Å². The highest BCUT2D eigenvalue weighted by molar-refractivity contribution is 6.44. The first-order valence-electron chi connectivity index (χ1n) is 6.54. The van der Waals surface area contributed by atoms with Crippen LogP contribution in [-0.4, -0.2) is 25.7 Å². The number of halogens is 3. The summed E-state index contributed by atoms with van der Waals surface area (Å²) >= 11 is 18.4. The van der Waals surface area contributed by atoms with E-state index in [1.807, 2.05) is 13.1 Å². The molecule has 0 aliphatic carbocycles. The van der Waals surface area contributed by atoms with E-state index in [1.54, 1.807) is 6.07 Å². The molecule has 2 nitrogen and oxygen atoms in total. The average molecular weight is 322 g/mol. The van der Waals surface area contributed by atoms with Crippen molar-refractivity contribution in [3.8, 4) is 0 Å². The molecule has 0 aromatic heterocycles. The van der Waals surface area contributed by atoms with Crippen LogP contribution in [0.15, 0.2) is 12.1 Å². The molecule has 3 atom stereocenters. The van der Waals surface area contributed by atoms with E-state index >= 15 is 0 Å². The zero-order valence-electron chi connectivity index (χ0n) is 11.4. The minimum atomic E-state index is 0.404. The molecule has 0 radical (unpaired) electrons. The van der Waals surface area contributed by atoms with Crippen LogP contribution in [0.25, 0.3) is 0 Å². The molecule has 2 rings (SSSR count). The van der Waals surface area contributed by atoms with Gasteiger partial charge in [-0.25, -0.2) is 0 Å². The molecule has 0 amide bonds. The molecular formula is C14H19Cl3N2. The van der Waals surface area contributed by atoms with Gasteiger partial charge in [0.25, 0.3) is 0 Å². The van der Waals surface area contributed by atoms with E-state index in [1.165, 1.54) is 0 Å². The minimum absolute atomic E-state index is 0.404. The summed E-state index contributed by atoms with van der Waals surface area (Å²) in [5.41, 5.74) is 0.977. The molecule has 0 bridgehead atoms. The molecule has 1 aliphatic heterocycles. The Morgan fingerprint density at radius 2 is 1.74 bits per heavy atom. The van der Waals surface area contributed by atoms with Crippen LogP contribution in [0.3, 0.4) is 0 Å². The summed E-state index contributed by atoms with van der Waals surface area (Å²) in [6.07, 6.45) is 1.10. The topological polar surface area (TPSA) is 15.3 Å². The number of piperidine rings is 1. The smallest absolute Gasteiger partial charge is 0.0655 e. The molecule has 1 saturated heterocycles. The van der Waals surface area contributed by atoms with E-state index in [0.717, 1.165) is 18.7 Å². The third-order valence-electron chi connectivity index (χ3n) is 4.24. The average Bonchev–Trinajstić information content (AvgIpc) is 2.37. The van der Waals surface area contributed by atoms with E-state index in [2.05, 4.69) is 24.1 Å². The fraction of sp³-hybridized carbons (Fsp3) is 0.571. The highest BCUT2D eigenvalue weighted by Crippen LogP contribution is 2.38. The molecule has 19 heavy (non-hydrogen) atoms. The lowest BCUT2D eigenvalue weighted by molar-refractivity contribution is 0.283. The van der Waals surface area contributed by atoms with Crippen molar-refractivity contribution in [2.24, 2.45) is 5.92 Å². The normalized spacial score (nSPS) is 27.7. The Morgan fingerprint density at radius 3 is 2.37 bits per heavy atom. The van der Waals surface area contributed by atoms with Gasteiger partial charge >= 0.3 is 0 Å². The number of nitrogens with zero attached hydrogens (tertiary/aromatic N) is 1. The van der Waals surface area contributed by atoms with E-state index in [4.69, 9.17) is 34.8 Å². The van der Waals surface area contributed by atoms with Gasteiger partial charge in [-0.2, -0.15) is 0 Å². The lowest BCUT2D eigenvalue weighted by Crippen LogP contribution is -2.52. The maximum absolute atomic E-state index is 6.32. The van der Waals surface area contributed by atoms with E-state index in [9.17, 15) is 0 Å². The zero-order valence-corrected chi connectivity index (χ0v) is 13.6. The van der Waals surface area contributed by atoms with Crippen molar-refractivity contribution in [3.05, 3.63) is 27.2 Å². The van der Waals surface area contributed by atoms with Gasteiger partial charge in [0.15, 0.2) is 0 Å². The molecule has 1 aliphatic rings. The van der Waals surface area contributed by atoms with E-state index in [0.29, 0.717) is 33.1 Å². The zero-order chi connectivity index (χ0) is 14.2. The number of benzene rings is 1. The Bertz CT molecular complexity index is 464. The molecule has 1 aromatic rings. The molecule has 1 aromatic carbocycles. The monoisotopic (exact) mass is 320 g/mol. The second-order valence-electron chi connectivity index (χ2n) is 5.19. The highest BCUT2D eigenvalue weighted by atomic mass is 35.5. The lowest BCUT2D eigenvalue weighted by Gasteiger charge is -2.44. The fourth-order valence-electron chi connectivity index (χ4n) is 2.84. The van der Waals surface area contributed by atoms with Crippen molar-refractivity contribution in [2.45, 2.75) is 32.4 Å². The van der Waals surface area contributed by atoms with Gasteiger partial charge in [0.05, 0.1) is 20.8 Å². The van der Waals surface area contributed by atoms with Crippen LogP contribution in [0.5, 0.6) is 0 Å². The first-order valence-corrected chi connectivity index (χ1v) is 7.67. The highest BCUT2D eigenvalue weighted by Gasteiger charge is 2.32. The predicted molar refractivity (Wildman–Crippen MR) is 84.9 cm³/mol. The SMILES string of the molecule is CNC1CCN(c2cc(Cl)c(Cl)cc2Cl)C(C)C1C. The summed E-state index contributed by atoms with van der Waals surface area (Å²) in [5.74, 6) is 0.546. The van der Waals surface area contributed by atoms with Gasteiger partial charge in [0, 0.05) is 18.6 Å². The summed E-state index contributed by atoms with van der Waals surface area (Å²) in [6.45, 7) is 5.46. The summed E-state index contributed by atoms with van der Waals surface area (Å²) < 4.78 is 0. The van der Waals surface area contributed by atoms with Crippen molar-refractivity contribution in [1.29, 1.82) is 0 Å². The Morgan fingerprint density at radius 1 is 1.11 bits per heavy atom. The van der Waals surface area contributed by atoms with Crippen molar-refractivity contribution in [3.63, 3.8) is 0 Å². The summed E-state index contributed by atoms with van der Waals surface area (Å²) in [7, 11) is 2.02.